The molecule has 5 rings (SSSR count). The Kier molecular flexibility index (Phi) is 8.06. The van der Waals surface area contributed by atoms with E-state index in [9.17, 15) is 5.11 Å². The first-order valence-electron chi connectivity index (χ1n) is 11.7. The Morgan fingerprint density at radius 2 is 1.51 bits per heavy atom. The third-order valence-electron chi connectivity index (χ3n) is 6.24. The average Bonchev–Trinajstić information content (AvgIpc) is 3.22. The van der Waals surface area contributed by atoms with E-state index in [-0.39, 0.29) is 24.4 Å². The SMILES string of the molecule is COc1ccc(-c2sc3cc(O)ccc3c2Oc2ccc(OC(C)N3CCCCC3)cc2)cc1.Cl. The maximum absolute atomic E-state index is 9.99. The highest BCUT2D eigenvalue weighted by Gasteiger charge is 2.19. The van der Waals surface area contributed by atoms with Crippen molar-refractivity contribution in [2.75, 3.05) is 20.2 Å². The molecule has 0 spiro atoms. The number of fused-ring (bicyclic) bond motifs is 1. The topological polar surface area (TPSA) is 51.2 Å². The van der Waals surface area contributed by atoms with Gasteiger partial charge in [0.15, 0.2) is 5.75 Å². The van der Waals surface area contributed by atoms with Crippen LogP contribution in [0.5, 0.6) is 28.7 Å². The molecule has 0 saturated carbocycles. The first kappa shape index (κ1) is 25.2. The largest absolute Gasteiger partial charge is 0.508 e. The van der Waals surface area contributed by atoms with Crippen molar-refractivity contribution in [1.29, 1.82) is 0 Å². The summed E-state index contributed by atoms with van der Waals surface area (Å²) < 4.78 is 18.9. The lowest BCUT2D eigenvalue weighted by Gasteiger charge is -2.32. The quantitative estimate of drug-likeness (QED) is 0.275. The number of benzene rings is 3. The van der Waals surface area contributed by atoms with Gasteiger partial charge in [-0.2, -0.15) is 0 Å². The van der Waals surface area contributed by atoms with E-state index < -0.39 is 0 Å². The molecule has 1 aromatic heterocycles. The monoisotopic (exact) mass is 511 g/mol. The van der Waals surface area contributed by atoms with Crippen molar-refractivity contribution in [1.82, 2.24) is 4.90 Å². The number of piperidine rings is 1. The summed E-state index contributed by atoms with van der Waals surface area (Å²) in [6.07, 6.45) is 3.85. The predicted octanol–water partition coefficient (Wildman–Crippen LogP) is 7.71. The van der Waals surface area contributed by atoms with Gasteiger partial charge in [-0.15, -0.1) is 23.7 Å². The summed E-state index contributed by atoms with van der Waals surface area (Å²) in [6, 6.07) is 21.1. The number of halogens is 1. The molecule has 0 aliphatic carbocycles. The minimum atomic E-state index is 0. The van der Waals surface area contributed by atoms with Crippen LogP contribution in [0, 0.1) is 0 Å². The number of ether oxygens (including phenoxy) is 3. The third-order valence-corrected chi connectivity index (χ3v) is 7.42. The van der Waals surface area contributed by atoms with Crippen LogP contribution >= 0.6 is 23.7 Å². The first-order chi connectivity index (χ1) is 16.6. The number of nitrogens with zero attached hydrogens (tertiary/aromatic N) is 1. The summed E-state index contributed by atoms with van der Waals surface area (Å²) in [7, 11) is 1.66. The van der Waals surface area contributed by atoms with Crippen LogP contribution in [0.2, 0.25) is 0 Å². The van der Waals surface area contributed by atoms with E-state index in [0.717, 1.165) is 56.6 Å². The van der Waals surface area contributed by atoms with Gasteiger partial charge >= 0.3 is 0 Å². The van der Waals surface area contributed by atoms with Gasteiger partial charge in [-0.3, -0.25) is 4.90 Å². The molecule has 184 valence electrons. The number of methoxy groups -OCH3 is 1. The van der Waals surface area contributed by atoms with E-state index in [4.69, 9.17) is 14.2 Å². The van der Waals surface area contributed by atoms with Crippen LogP contribution in [0.15, 0.2) is 66.7 Å². The fourth-order valence-electron chi connectivity index (χ4n) is 4.35. The molecular formula is C28H30ClNO4S. The molecule has 1 atom stereocenters. The molecule has 1 aliphatic heterocycles. The molecule has 4 aromatic rings. The minimum absolute atomic E-state index is 0. The fourth-order valence-corrected chi connectivity index (χ4v) is 5.52. The first-order valence-corrected chi connectivity index (χ1v) is 12.5. The lowest BCUT2D eigenvalue weighted by Crippen LogP contribution is -2.40. The second-order valence-electron chi connectivity index (χ2n) is 8.56. The molecule has 0 bridgehead atoms. The number of likely N-dealkylation sites (tertiary alicyclic amines) is 1. The third kappa shape index (κ3) is 5.67. The predicted molar refractivity (Wildman–Crippen MR) is 145 cm³/mol. The fraction of sp³-hybridized carbons (Fsp3) is 0.286. The molecule has 1 fully saturated rings. The molecule has 1 saturated heterocycles. The summed E-state index contributed by atoms with van der Waals surface area (Å²) in [5.74, 6) is 3.40. The maximum atomic E-state index is 9.99. The van der Waals surface area contributed by atoms with E-state index in [1.165, 1.54) is 19.3 Å². The van der Waals surface area contributed by atoms with Crippen molar-refractivity contribution in [2.24, 2.45) is 0 Å². The Morgan fingerprint density at radius 3 is 2.20 bits per heavy atom. The summed E-state index contributed by atoms with van der Waals surface area (Å²) in [5, 5.41) is 11.0. The summed E-state index contributed by atoms with van der Waals surface area (Å²) in [4.78, 5) is 3.39. The van der Waals surface area contributed by atoms with Crippen LogP contribution in [0.4, 0.5) is 0 Å². The van der Waals surface area contributed by atoms with E-state index >= 15 is 0 Å². The van der Waals surface area contributed by atoms with Crippen LogP contribution < -0.4 is 14.2 Å². The van der Waals surface area contributed by atoms with Crippen molar-refractivity contribution < 1.29 is 19.3 Å². The van der Waals surface area contributed by atoms with Crippen molar-refractivity contribution in [3.63, 3.8) is 0 Å². The van der Waals surface area contributed by atoms with E-state index in [1.54, 1.807) is 30.6 Å². The molecule has 0 amide bonds. The molecule has 1 unspecified atom stereocenters. The molecule has 35 heavy (non-hydrogen) atoms. The zero-order valence-corrected chi connectivity index (χ0v) is 21.5. The number of aromatic hydroxyl groups is 1. The highest BCUT2D eigenvalue weighted by molar-refractivity contribution is 7.22. The lowest BCUT2D eigenvalue weighted by molar-refractivity contribution is 0.0262. The number of phenols is 1. The van der Waals surface area contributed by atoms with E-state index in [0.29, 0.717) is 0 Å². The number of hydrogen-bond donors (Lipinski definition) is 1. The van der Waals surface area contributed by atoms with Crippen LogP contribution in [0.3, 0.4) is 0 Å². The maximum Gasteiger partial charge on any atom is 0.153 e. The van der Waals surface area contributed by atoms with Crippen molar-refractivity contribution in [2.45, 2.75) is 32.4 Å². The van der Waals surface area contributed by atoms with Gasteiger partial charge in [-0.1, -0.05) is 6.42 Å². The average molecular weight is 512 g/mol. The smallest absolute Gasteiger partial charge is 0.153 e. The van der Waals surface area contributed by atoms with Gasteiger partial charge in [0.2, 0.25) is 0 Å². The van der Waals surface area contributed by atoms with E-state index in [1.807, 2.05) is 54.6 Å². The second kappa shape index (κ2) is 11.2. The van der Waals surface area contributed by atoms with Gasteiger partial charge < -0.3 is 19.3 Å². The van der Waals surface area contributed by atoms with Crippen LogP contribution in [0.25, 0.3) is 20.5 Å². The van der Waals surface area contributed by atoms with Gasteiger partial charge in [0.1, 0.15) is 29.2 Å². The molecule has 7 heteroatoms. The summed E-state index contributed by atoms with van der Waals surface area (Å²) >= 11 is 1.60. The normalized spacial score (nSPS) is 14.8. The Morgan fingerprint density at radius 1 is 0.857 bits per heavy atom. The Balaban J connectivity index is 0.00000289. The zero-order valence-electron chi connectivity index (χ0n) is 19.9. The number of thiophene rings is 1. The van der Waals surface area contributed by atoms with Crippen molar-refractivity contribution in [3.8, 4) is 39.2 Å². The molecule has 3 aromatic carbocycles. The van der Waals surface area contributed by atoms with Crippen LogP contribution in [-0.4, -0.2) is 36.4 Å². The minimum Gasteiger partial charge on any atom is -0.508 e. The molecule has 1 N–H and O–H groups in total. The molecular weight excluding hydrogens is 482 g/mol. The standard InChI is InChI=1S/C28H29NO4S.ClH/c1-19(29-16-4-3-5-17-29)32-23-11-13-24(14-12-23)33-27-25-15-8-21(30)18-26(25)34-28(27)20-6-9-22(31-2)10-7-20;/h6-15,18-19,30H,3-5,16-17H2,1-2H3;1H. The van der Waals surface area contributed by atoms with Crippen LogP contribution in [-0.2, 0) is 0 Å². The van der Waals surface area contributed by atoms with Crippen LogP contribution in [0.1, 0.15) is 26.2 Å². The van der Waals surface area contributed by atoms with Gasteiger partial charge in [-0.25, -0.2) is 0 Å². The Labute approximate surface area is 216 Å². The van der Waals surface area contributed by atoms with Gasteiger partial charge in [-0.05, 0) is 92.1 Å². The second-order valence-corrected chi connectivity index (χ2v) is 9.61. The Hall–Kier alpha value is -2.93. The van der Waals surface area contributed by atoms with Crippen molar-refractivity contribution >= 4 is 33.8 Å². The van der Waals surface area contributed by atoms with Gasteiger partial charge in [0.05, 0.1) is 12.0 Å². The van der Waals surface area contributed by atoms with Gasteiger partial charge in [0, 0.05) is 23.2 Å². The highest BCUT2D eigenvalue weighted by Crippen LogP contribution is 2.47. The number of phenolic OH excluding ortho intramolecular Hbond substituents is 1. The number of rotatable bonds is 7. The Bertz CT molecular complexity index is 1250. The molecule has 2 heterocycles. The summed E-state index contributed by atoms with van der Waals surface area (Å²) in [6.45, 7) is 4.30. The van der Waals surface area contributed by atoms with E-state index in [2.05, 4.69) is 11.8 Å². The molecule has 0 radical (unpaired) electrons. The van der Waals surface area contributed by atoms with Crippen molar-refractivity contribution in [3.05, 3.63) is 66.7 Å². The highest BCUT2D eigenvalue weighted by atomic mass is 35.5. The zero-order chi connectivity index (χ0) is 23.5. The van der Waals surface area contributed by atoms with Gasteiger partial charge in [0.25, 0.3) is 0 Å². The summed E-state index contributed by atoms with van der Waals surface area (Å²) in [5.41, 5.74) is 1.03. The molecule has 5 nitrogen and oxygen atoms in total. The lowest BCUT2D eigenvalue weighted by atomic mass is 10.1. The molecule has 1 aliphatic rings. The number of hydrogen-bond acceptors (Lipinski definition) is 6.